The van der Waals surface area contributed by atoms with Crippen LogP contribution < -0.4 is 4.74 Å². The van der Waals surface area contributed by atoms with E-state index < -0.39 is 17.5 Å². The zero-order chi connectivity index (χ0) is 14.0. The molecule has 0 spiro atoms. The first-order valence-electron chi connectivity index (χ1n) is 5.47. The average Bonchev–Trinajstić information content (AvgIpc) is 2.37. The minimum Gasteiger partial charge on any atom is -0.507 e. The van der Waals surface area contributed by atoms with Crippen LogP contribution >= 0.6 is 0 Å². The molecule has 0 amide bonds. The summed E-state index contributed by atoms with van der Waals surface area (Å²) in [6.45, 7) is 0. The van der Waals surface area contributed by atoms with Gasteiger partial charge in [0.1, 0.15) is 11.5 Å². The Kier molecular flexibility index (Phi) is 3.38. The highest BCUT2D eigenvalue weighted by molar-refractivity contribution is 5.75. The number of hydrogen-bond donors (Lipinski definition) is 1. The highest BCUT2D eigenvalue weighted by atomic mass is 19.4. The molecule has 0 radical (unpaired) electrons. The molecular formula is C14H11F3O2. The van der Waals surface area contributed by atoms with Crippen LogP contribution in [0.3, 0.4) is 0 Å². The minimum absolute atomic E-state index is 0.297. The van der Waals surface area contributed by atoms with Crippen LogP contribution in [-0.4, -0.2) is 12.2 Å². The summed E-state index contributed by atoms with van der Waals surface area (Å²) in [4.78, 5) is 0. The third-order valence-electron chi connectivity index (χ3n) is 2.72. The van der Waals surface area contributed by atoms with Crippen LogP contribution in [0.2, 0.25) is 0 Å². The van der Waals surface area contributed by atoms with Gasteiger partial charge in [-0.3, -0.25) is 0 Å². The second-order valence-corrected chi connectivity index (χ2v) is 3.93. The number of para-hydroxylation sites is 1. The molecule has 0 saturated heterocycles. The molecule has 0 fully saturated rings. The van der Waals surface area contributed by atoms with Crippen LogP contribution in [0, 0.1) is 0 Å². The summed E-state index contributed by atoms with van der Waals surface area (Å²) in [5.41, 5.74) is -0.0506. The molecule has 0 aliphatic heterocycles. The van der Waals surface area contributed by atoms with Crippen molar-refractivity contribution in [3.05, 3.63) is 48.0 Å². The van der Waals surface area contributed by atoms with Crippen molar-refractivity contribution >= 4 is 0 Å². The number of phenolic OH excluding ortho intramolecular Hbond substituents is 1. The van der Waals surface area contributed by atoms with Gasteiger partial charge in [-0.05, 0) is 24.3 Å². The van der Waals surface area contributed by atoms with Crippen molar-refractivity contribution in [2.45, 2.75) is 6.18 Å². The van der Waals surface area contributed by atoms with Gasteiger partial charge in [-0.1, -0.05) is 18.2 Å². The van der Waals surface area contributed by atoms with Gasteiger partial charge < -0.3 is 9.84 Å². The first-order valence-corrected chi connectivity index (χ1v) is 5.47. The molecule has 0 aromatic heterocycles. The lowest BCUT2D eigenvalue weighted by Crippen LogP contribution is -2.04. The quantitative estimate of drug-likeness (QED) is 0.889. The van der Waals surface area contributed by atoms with E-state index in [0.717, 1.165) is 6.07 Å². The van der Waals surface area contributed by atoms with Gasteiger partial charge in [-0.25, -0.2) is 0 Å². The zero-order valence-corrected chi connectivity index (χ0v) is 10.0. The zero-order valence-electron chi connectivity index (χ0n) is 10.0. The molecule has 5 heteroatoms. The number of alkyl halides is 3. The Hall–Kier alpha value is -2.17. The summed E-state index contributed by atoms with van der Waals surface area (Å²) >= 11 is 0. The first kappa shape index (κ1) is 13.3. The lowest BCUT2D eigenvalue weighted by Gasteiger charge is -2.12. The van der Waals surface area contributed by atoms with Crippen LogP contribution in [0.15, 0.2) is 42.5 Å². The minimum atomic E-state index is -4.48. The number of hydrogen-bond acceptors (Lipinski definition) is 2. The van der Waals surface area contributed by atoms with Crippen LogP contribution in [0.5, 0.6) is 11.5 Å². The molecule has 2 nitrogen and oxygen atoms in total. The summed E-state index contributed by atoms with van der Waals surface area (Å²) in [6, 6.07) is 9.67. The highest BCUT2D eigenvalue weighted by Gasteiger charge is 2.31. The summed E-state index contributed by atoms with van der Waals surface area (Å²) in [5, 5.41) is 9.77. The molecule has 100 valence electrons. The maximum Gasteiger partial charge on any atom is 0.416 e. The molecule has 19 heavy (non-hydrogen) atoms. The van der Waals surface area contributed by atoms with Gasteiger partial charge in [0, 0.05) is 11.1 Å². The second kappa shape index (κ2) is 4.84. The standard InChI is InChI=1S/C14H11F3O2/c1-19-13-5-3-2-4-11(13)10-7-6-9(8-12(10)18)14(15,16)17/h2-8,18H,1H3. The summed E-state index contributed by atoms with van der Waals surface area (Å²) < 4.78 is 42.7. The highest BCUT2D eigenvalue weighted by Crippen LogP contribution is 2.39. The van der Waals surface area contributed by atoms with Gasteiger partial charge in [0.2, 0.25) is 0 Å². The van der Waals surface area contributed by atoms with Gasteiger partial charge in [0.05, 0.1) is 12.7 Å². The van der Waals surface area contributed by atoms with Gasteiger partial charge in [0.25, 0.3) is 0 Å². The Balaban J connectivity index is 2.53. The average molecular weight is 268 g/mol. The Morgan fingerprint density at radius 3 is 2.26 bits per heavy atom. The third-order valence-corrected chi connectivity index (χ3v) is 2.72. The van der Waals surface area contributed by atoms with Crippen LogP contribution in [0.1, 0.15) is 5.56 Å². The van der Waals surface area contributed by atoms with E-state index in [1.807, 2.05) is 0 Å². The lowest BCUT2D eigenvalue weighted by molar-refractivity contribution is -0.137. The van der Waals surface area contributed by atoms with Gasteiger partial charge in [-0.2, -0.15) is 13.2 Å². The van der Waals surface area contributed by atoms with E-state index in [1.54, 1.807) is 24.3 Å². The van der Waals surface area contributed by atoms with E-state index >= 15 is 0 Å². The molecule has 2 aromatic carbocycles. The van der Waals surface area contributed by atoms with Crippen LogP contribution in [0.4, 0.5) is 13.2 Å². The molecule has 0 unspecified atom stereocenters. The van der Waals surface area contributed by atoms with Crippen molar-refractivity contribution in [2.24, 2.45) is 0 Å². The van der Waals surface area contributed by atoms with Crippen molar-refractivity contribution in [3.63, 3.8) is 0 Å². The molecule has 0 saturated carbocycles. The maximum absolute atomic E-state index is 12.5. The smallest absolute Gasteiger partial charge is 0.416 e. The number of halogens is 3. The number of rotatable bonds is 2. The van der Waals surface area contributed by atoms with Crippen molar-refractivity contribution < 1.29 is 23.0 Å². The van der Waals surface area contributed by atoms with E-state index in [9.17, 15) is 18.3 Å². The topological polar surface area (TPSA) is 29.5 Å². The van der Waals surface area contributed by atoms with E-state index in [1.165, 1.54) is 13.2 Å². The van der Waals surface area contributed by atoms with E-state index in [0.29, 0.717) is 22.9 Å². The van der Waals surface area contributed by atoms with Gasteiger partial charge in [0.15, 0.2) is 0 Å². The van der Waals surface area contributed by atoms with Crippen LogP contribution in [0.25, 0.3) is 11.1 Å². The number of benzene rings is 2. The Morgan fingerprint density at radius 2 is 1.68 bits per heavy atom. The number of methoxy groups -OCH3 is 1. The molecule has 0 bridgehead atoms. The van der Waals surface area contributed by atoms with E-state index in [-0.39, 0.29) is 0 Å². The monoisotopic (exact) mass is 268 g/mol. The summed E-state index contributed by atoms with van der Waals surface area (Å²) in [7, 11) is 1.46. The fourth-order valence-corrected chi connectivity index (χ4v) is 1.80. The first-order chi connectivity index (χ1) is 8.93. The predicted octanol–water partition coefficient (Wildman–Crippen LogP) is 4.09. The molecule has 0 atom stereocenters. The molecule has 2 rings (SSSR count). The maximum atomic E-state index is 12.5. The lowest BCUT2D eigenvalue weighted by atomic mass is 10.0. The van der Waals surface area contributed by atoms with Crippen LogP contribution in [-0.2, 0) is 6.18 Å². The summed E-state index contributed by atoms with van der Waals surface area (Å²) in [6.07, 6.45) is -4.48. The Morgan fingerprint density at radius 1 is 1.00 bits per heavy atom. The predicted molar refractivity (Wildman–Crippen MR) is 65.1 cm³/mol. The number of aromatic hydroxyl groups is 1. The number of ether oxygens (including phenoxy) is 1. The molecule has 1 N–H and O–H groups in total. The number of phenols is 1. The fourth-order valence-electron chi connectivity index (χ4n) is 1.80. The van der Waals surface area contributed by atoms with Crippen molar-refractivity contribution in [3.8, 4) is 22.6 Å². The Bertz CT molecular complexity index is 591. The Labute approximate surface area is 108 Å². The van der Waals surface area contributed by atoms with E-state index in [4.69, 9.17) is 4.74 Å². The largest absolute Gasteiger partial charge is 0.507 e. The van der Waals surface area contributed by atoms with E-state index in [2.05, 4.69) is 0 Å². The van der Waals surface area contributed by atoms with Gasteiger partial charge in [-0.15, -0.1) is 0 Å². The van der Waals surface area contributed by atoms with Gasteiger partial charge >= 0.3 is 6.18 Å². The second-order valence-electron chi connectivity index (χ2n) is 3.93. The summed E-state index contributed by atoms with van der Waals surface area (Å²) in [5.74, 6) is 0.0527. The molecule has 2 aromatic rings. The fraction of sp³-hybridized carbons (Fsp3) is 0.143. The molecule has 0 aliphatic carbocycles. The SMILES string of the molecule is COc1ccccc1-c1ccc(C(F)(F)F)cc1O. The van der Waals surface area contributed by atoms with Crippen molar-refractivity contribution in [1.29, 1.82) is 0 Å². The molecule has 0 aliphatic rings. The molecular weight excluding hydrogens is 257 g/mol. The normalized spacial score (nSPS) is 11.4. The molecule has 0 heterocycles. The third kappa shape index (κ3) is 2.65. The van der Waals surface area contributed by atoms with Crippen molar-refractivity contribution in [2.75, 3.05) is 7.11 Å². The van der Waals surface area contributed by atoms with Crippen molar-refractivity contribution in [1.82, 2.24) is 0 Å².